The Morgan fingerprint density at radius 2 is 2.21 bits per heavy atom. The van der Waals surface area contributed by atoms with Crippen LogP contribution in [0.5, 0.6) is 0 Å². The first kappa shape index (κ1) is 9.26. The molecule has 0 heteroatoms. The van der Waals surface area contributed by atoms with Crippen molar-refractivity contribution >= 4 is 5.57 Å². The topological polar surface area (TPSA) is 0 Å². The Balaban J connectivity index is 2.60. The predicted molar refractivity (Wildman–Crippen MR) is 62.4 cm³/mol. The normalized spacial score (nSPS) is 19.9. The summed E-state index contributed by atoms with van der Waals surface area (Å²) in [5.41, 5.74) is 5.46. The SMILES string of the molecule is C=CC1=CC[C@H](C)c2ccc(C)cc21. The van der Waals surface area contributed by atoms with Gasteiger partial charge in [-0.05, 0) is 36.0 Å². The minimum atomic E-state index is 0.647. The average molecular weight is 184 g/mol. The zero-order chi connectivity index (χ0) is 10.1. The van der Waals surface area contributed by atoms with Crippen molar-refractivity contribution in [2.45, 2.75) is 26.2 Å². The third-order valence-corrected chi connectivity index (χ3v) is 2.96. The second-order valence-corrected chi connectivity index (χ2v) is 4.09. The van der Waals surface area contributed by atoms with Crippen LogP contribution in [0, 0.1) is 6.92 Å². The van der Waals surface area contributed by atoms with E-state index in [0.717, 1.165) is 6.42 Å². The number of benzene rings is 1. The Morgan fingerprint density at radius 3 is 2.93 bits per heavy atom. The van der Waals surface area contributed by atoms with Crippen molar-refractivity contribution in [1.29, 1.82) is 0 Å². The van der Waals surface area contributed by atoms with Crippen LogP contribution in [0.3, 0.4) is 0 Å². The summed E-state index contributed by atoms with van der Waals surface area (Å²) in [6.45, 7) is 8.29. The van der Waals surface area contributed by atoms with Gasteiger partial charge in [0.25, 0.3) is 0 Å². The molecule has 0 saturated carbocycles. The van der Waals surface area contributed by atoms with Crippen LogP contribution in [0.15, 0.2) is 36.9 Å². The Bertz CT molecular complexity index is 396. The highest BCUT2D eigenvalue weighted by atomic mass is 14.2. The molecular weight excluding hydrogens is 168 g/mol. The van der Waals surface area contributed by atoms with E-state index in [2.05, 4.69) is 44.7 Å². The summed E-state index contributed by atoms with van der Waals surface area (Å²) in [6, 6.07) is 6.71. The van der Waals surface area contributed by atoms with Crippen LogP contribution in [-0.4, -0.2) is 0 Å². The minimum absolute atomic E-state index is 0.647. The molecule has 72 valence electrons. The van der Waals surface area contributed by atoms with E-state index < -0.39 is 0 Å². The van der Waals surface area contributed by atoms with Gasteiger partial charge in [0.15, 0.2) is 0 Å². The van der Waals surface area contributed by atoms with Crippen LogP contribution in [0.4, 0.5) is 0 Å². The Hall–Kier alpha value is -1.30. The largest absolute Gasteiger partial charge is 0.0985 e. The molecule has 0 aromatic heterocycles. The summed E-state index contributed by atoms with van der Waals surface area (Å²) in [4.78, 5) is 0. The molecule has 1 aromatic rings. The molecule has 0 fully saturated rings. The van der Waals surface area contributed by atoms with Gasteiger partial charge in [-0.3, -0.25) is 0 Å². The Kier molecular flexibility index (Phi) is 2.28. The Morgan fingerprint density at radius 1 is 1.43 bits per heavy atom. The van der Waals surface area contributed by atoms with E-state index in [1.54, 1.807) is 0 Å². The van der Waals surface area contributed by atoms with Crippen molar-refractivity contribution in [3.63, 3.8) is 0 Å². The van der Waals surface area contributed by atoms with Crippen LogP contribution in [0.25, 0.3) is 5.57 Å². The van der Waals surface area contributed by atoms with E-state index >= 15 is 0 Å². The van der Waals surface area contributed by atoms with Gasteiger partial charge >= 0.3 is 0 Å². The maximum absolute atomic E-state index is 3.87. The van der Waals surface area contributed by atoms with Gasteiger partial charge in [0.05, 0.1) is 0 Å². The van der Waals surface area contributed by atoms with Gasteiger partial charge in [-0.1, -0.05) is 49.4 Å². The number of hydrogen-bond donors (Lipinski definition) is 0. The molecule has 1 aliphatic rings. The second-order valence-electron chi connectivity index (χ2n) is 4.09. The number of fused-ring (bicyclic) bond motifs is 1. The number of aryl methyl sites for hydroxylation is 1. The first-order chi connectivity index (χ1) is 6.72. The van der Waals surface area contributed by atoms with E-state index in [9.17, 15) is 0 Å². The van der Waals surface area contributed by atoms with Crippen molar-refractivity contribution in [2.75, 3.05) is 0 Å². The molecule has 0 radical (unpaired) electrons. The first-order valence-electron chi connectivity index (χ1n) is 5.16. The maximum Gasteiger partial charge on any atom is -0.0149 e. The second kappa shape index (κ2) is 3.45. The van der Waals surface area contributed by atoms with E-state index in [-0.39, 0.29) is 0 Å². The summed E-state index contributed by atoms with van der Waals surface area (Å²) >= 11 is 0. The molecule has 2 rings (SSSR count). The molecule has 14 heavy (non-hydrogen) atoms. The number of rotatable bonds is 1. The van der Waals surface area contributed by atoms with Gasteiger partial charge < -0.3 is 0 Å². The third kappa shape index (κ3) is 1.41. The molecule has 0 bridgehead atoms. The fraction of sp³-hybridized carbons (Fsp3) is 0.286. The average Bonchev–Trinajstić information content (AvgIpc) is 2.18. The zero-order valence-corrected chi connectivity index (χ0v) is 8.88. The third-order valence-electron chi connectivity index (χ3n) is 2.96. The quantitative estimate of drug-likeness (QED) is 0.617. The van der Waals surface area contributed by atoms with Gasteiger partial charge in [0.1, 0.15) is 0 Å². The minimum Gasteiger partial charge on any atom is -0.0985 e. The molecule has 1 atom stereocenters. The lowest BCUT2D eigenvalue weighted by Gasteiger charge is -2.21. The molecule has 0 nitrogen and oxygen atoms in total. The van der Waals surface area contributed by atoms with Gasteiger partial charge in [-0.25, -0.2) is 0 Å². The van der Waals surface area contributed by atoms with Crippen molar-refractivity contribution in [2.24, 2.45) is 0 Å². The maximum atomic E-state index is 3.87. The van der Waals surface area contributed by atoms with Gasteiger partial charge in [0.2, 0.25) is 0 Å². The molecule has 0 saturated heterocycles. The van der Waals surface area contributed by atoms with Crippen LogP contribution in [-0.2, 0) is 0 Å². The zero-order valence-electron chi connectivity index (χ0n) is 8.88. The standard InChI is InChI=1S/C14H16/c1-4-12-7-6-11(3)13-8-5-10(2)9-14(12)13/h4-5,7-9,11H,1,6H2,2-3H3/t11-/m0/s1. The lowest BCUT2D eigenvalue weighted by molar-refractivity contribution is 0.768. The molecule has 1 aliphatic carbocycles. The highest BCUT2D eigenvalue weighted by molar-refractivity contribution is 5.77. The molecule has 0 aliphatic heterocycles. The summed E-state index contributed by atoms with van der Waals surface area (Å²) < 4.78 is 0. The molecular formula is C14H16. The fourth-order valence-electron chi connectivity index (χ4n) is 2.08. The van der Waals surface area contributed by atoms with E-state index in [1.807, 2.05) is 6.08 Å². The highest BCUT2D eigenvalue weighted by Gasteiger charge is 2.16. The lowest BCUT2D eigenvalue weighted by atomic mass is 9.83. The highest BCUT2D eigenvalue weighted by Crippen LogP contribution is 2.34. The molecule has 0 unspecified atom stereocenters. The number of allylic oxidation sites excluding steroid dienone is 3. The van der Waals surface area contributed by atoms with E-state index in [0.29, 0.717) is 5.92 Å². The monoisotopic (exact) mass is 184 g/mol. The van der Waals surface area contributed by atoms with E-state index in [4.69, 9.17) is 0 Å². The molecule has 0 heterocycles. The van der Waals surface area contributed by atoms with Gasteiger partial charge in [0, 0.05) is 0 Å². The van der Waals surface area contributed by atoms with Crippen molar-refractivity contribution in [1.82, 2.24) is 0 Å². The molecule has 0 amide bonds. The molecule has 0 spiro atoms. The van der Waals surface area contributed by atoms with Crippen LogP contribution < -0.4 is 0 Å². The lowest BCUT2D eigenvalue weighted by Crippen LogP contribution is -2.03. The first-order valence-corrected chi connectivity index (χ1v) is 5.16. The van der Waals surface area contributed by atoms with Crippen LogP contribution in [0.1, 0.15) is 36.0 Å². The van der Waals surface area contributed by atoms with Crippen LogP contribution in [0.2, 0.25) is 0 Å². The molecule has 1 aromatic carbocycles. The van der Waals surface area contributed by atoms with Crippen molar-refractivity contribution in [3.8, 4) is 0 Å². The van der Waals surface area contributed by atoms with Crippen LogP contribution >= 0.6 is 0 Å². The van der Waals surface area contributed by atoms with Gasteiger partial charge in [-0.15, -0.1) is 0 Å². The fourth-order valence-corrected chi connectivity index (χ4v) is 2.08. The van der Waals surface area contributed by atoms with Crippen molar-refractivity contribution < 1.29 is 0 Å². The van der Waals surface area contributed by atoms with Crippen molar-refractivity contribution in [3.05, 3.63) is 53.6 Å². The predicted octanol–water partition coefficient (Wildman–Crippen LogP) is 4.07. The van der Waals surface area contributed by atoms with Gasteiger partial charge in [-0.2, -0.15) is 0 Å². The smallest absolute Gasteiger partial charge is 0.0149 e. The summed E-state index contributed by atoms with van der Waals surface area (Å²) in [5, 5.41) is 0. The summed E-state index contributed by atoms with van der Waals surface area (Å²) in [5.74, 6) is 0.647. The number of hydrogen-bond acceptors (Lipinski definition) is 0. The summed E-state index contributed by atoms with van der Waals surface area (Å²) in [7, 11) is 0. The summed E-state index contributed by atoms with van der Waals surface area (Å²) in [6.07, 6.45) is 5.39. The van der Waals surface area contributed by atoms with E-state index in [1.165, 1.54) is 22.3 Å². The molecule has 0 N–H and O–H groups in total. The Labute approximate surface area is 86.0 Å².